The van der Waals surface area contributed by atoms with Gasteiger partial charge >= 0.3 is 0 Å². The van der Waals surface area contributed by atoms with Crippen LogP contribution in [-0.2, 0) is 0 Å². The van der Waals surface area contributed by atoms with Gasteiger partial charge in [0.1, 0.15) is 0 Å². The Bertz CT molecular complexity index is 1130. The zero-order valence-electron chi connectivity index (χ0n) is 16.2. The average Bonchev–Trinajstić information content (AvgIpc) is 3.18. The highest BCUT2D eigenvalue weighted by Gasteiger charge is 2.15. The van der Waals surface area contributed by atoms with Gasteiger partial charge in [-0.25, -0.2) is 4.98 Å². The number of halogens is 1. The van der Waals surface area contributed by atoms with Crippen LogP contribution in [-0.4, -0.2) is 10.7 Å². The second kappa shape index (κ2) is 8.60. The van der Waals surface area contributed by atoms with Gasteiger partial charge in [-0.2, -0.15) is 5.10 Å². The van der Waals surface area contributed by atoms with Gasteiger partial charge in [-0.05, 0) is 37.1 Å². The van der Waals surface area contributed by atoms with Crippen LogP contribution in [0, 0.1) is 6.92 Å². The summed E-state index contributed by atoms with van der Waals surface area (Å²) in [5.74, 6) is 0. The Labute approximate surface area is 179 Å². The molecule has 4 rings (SSSR count). The highest BCUT2D eigenvalue weighted by Crippen LogP contribution is 2.39. The van der Waals surface area contributed by atoms with E-state index in [0.717, 1.165) is 38.1 Å². The molecule has 0 aliphatic rings. The molecule has 3 nitrogen and oxygen atoms in total. The molecule has 0 radical (unpaired) electrons. The van der Waals surface area contributed by atoms with Gasteiger partial charge in [0, 0.05) is 10.6 Å². The molecule has 0 amide bonds. The molecular weight excluding hydrogens is 398 g/mol. The van der Waals surface area contributed by atoms with E-state index < -0.39 is 0 Å². The van der Waals surface area contributed by atoms with Crippen molar-refractivity contribution in [2.45, 2.75) is 13.8 Å². The standard InChI is InChI=1S/C24H20ClN3S/c1-16-8-10-18(11-9-16)17(2)27-28-24-26-22(19-12-14-21(25)15-13-19)23(29-24)20-6-4-3-5-7-20/h3-15H,1-2H3,(H,26,28). The van der Waals surface area contributed by atoms with Gasteiger partial charge in [0.25, 0.3) is 0 Å². The highest BCUT2D eigenvalue weighted by atomic mass is 35.5. The van der Waals surface area contributed by atoms with E-state index in [1.807, 2.05) is 49.4 Å². The summed E-state index contributed by atoms with van der Waals surface area (Å²) in [5.41, 5.74) is 9.44. The van der Waals surface area contributed by atoms with Crippen molar-refractivity contribution in [2.24, 2.45) is 5.10 Å². The van der Waals surface area contributed by atoms with Crippen molar-refractivity contribution in [1.29, 1.82) is 0 Å². The fraction of sp³-hybridized carbons (Fsp3) is 0.0833. The Morgan fingerprint density at radius 2 is 1.59 bits per heavy atom. The molecule has 4 aromatic rings. The van der Waals surface area contributed by atoms with Crippen LogP contribution in [0.25, 0.3) is 21.7 Å². The van der Waals surface area contributed by atoms with Crippen LogP contribution >= 0.6 is 22.9 Å². The molecular formula is C24H20ClN3S. The van der Waals surface area contributed by atoms with Crippen LogP contribution < -0.4 is 5.43 Å². The molecule has 0 bridgehead atoms. The number of rotatable bonds is 5. The predicted molar refractivity (Wildman–Crippen MR) is 125 cm³/mol. The molecule has 3 aromatic carbocycles. The third-order valence-corrected chi connectivity index (χ3v) is 5.83. The van der Waals surface area contributed by atoms with E-state index >= 15 is 0 Å². The van der Waals surface area contributed by atoms with Gasteiger partial charge in [-0.3, -0.25) is 5.43 Å². The third-order valence-electron chi connectivity index (χ3n) is 4.57. The molecule has 0 aliphatic carbocycles. The lowest BCUT2D eigenvalue weighted by Crippen LogP contribution is -1.99. The van der Waals surface area contributed by atoms with Crippen molar-refractivity contribution in [3.05, 3.63) is 95.0 Å². The quantitative estimate of drug-likeness (QED) is 0.273. The highest BCUT2D eigenvalue weighted by molar-refractivity contribution is 7.19. The Kier molecular flexibility index (Phi) is 5.74. The maximum atomic E-state index is 6.07. The number of nitrogens with zero attached hydrogens (tertiary/aromatic N) is 2. The maximum absolute atomic E-state index is 6.07. The molecule has 0 atom stereocenters. The van der Waals surface area contributed by atoms with E-state index in [2.05, 4.69) is 53.8 Å². The number of aromatic nitrogens is 1. The van der Waals surface area contributed by atoms with Gasteiger partial charge in [0.2, 0.25) is 5.13 Å². The van der Waals surface area contributed by atoms with E-state index in [0.29, 0.717) is 5.02 Å². The van der Waals surface area contributed by atoms with Gasteiger partial charge in [0.05, 0.1) is 16.3 Å². The fourth-order valence-electron chi connectivity index (χ4n) is 2.95. The van der Waals surface area contributed by atoms with Crippen molar-refractivity contribution in [3.8, 4) is 21.7 Å². The number of nitrogens with one attached hydrogen (secondary N) is 1. The topological polar surface area (TPSA) is 37.3 Å². The molecule has 144 valence electrons. The molecule has 0 fully saturated rings. The first kappa shape index (κ1) is 19.4. The second-order valence-corrected chi connectivity index (χ2v) is 8.18. The number of anilines is 1. The molecule has 0 saturated carbocycles. The van der Waals surface area contributed by atoms with Crippen LogP contribution in [0.3, 0.4) is 0 Å². The van der Waals surface area contributed by atoms with Gasteiger partial charge in [-0.1, -0.05) is 95.2 Å². The molecule has 1 heterocycles. The molecule has 0 saturated heterocycles. The van der Waals surface area contributed by atoms with Crippen molar-refractivity contribution in [2.75, 3.05) is 5.43 Å². The Morgan fingerprint density at radius 1 is 0.897 bits per heavy atom. The van der Waals surface area contributed by atoms with Crippen LogP contribution in [0.5, 0.6) is 0 Å². The molecule has 0 aliphatic heterocycles. The molecule has 1 N–H and O–H groups in total. The fourth-order valence-corrected chi connectivity index (χ4v) is 4.01. The number of hydrazone groups is 1. The molecule has 0 unspecified atom stereocenters. The van der Waals surface area contributed by atoms with Crippen LogP contribution in [0.15, 0.2) is 84.0 Å². The molecule has 1 aromatic heterocycles. The Morgan fingerprint density at radius 3 is 2.28 bits per heavy atom. The Balaban J connectivity index is 1.68. The van der Waals surface area contributed by atoms with Crippen molar-refractivity contribution in [3.63, 3.8) is 0 Å². The first-order valence-corrected chi connectivity index (χ1v) is 10.5. The van der Waals surface area contributed by atoms with Gasteiger partial charge < -0.3 is 0 Å². The summed E-state index contributed by atoms with van der Waals surface area (Å²) in [4.78, 5) is 5.92. The largest absolute Gasteiger partial charge is 0.252 e. The molecule has 29 heavy (non-hydrogen) atoms. The van der Waals surface area contributed by atoms with Crippen LogP contribution in [0.1, 0.15) is 18.1 Å². The van der Waals surface area contributed by atoms with Crippen molar-refractivity contribution >= 4 is 33.8 Å². The average molecular weight is 418 g/mol. The van der Waals surface area contributed by atoms with E-state index in [1.54, 1.807) is 11.3 Å². The summed E-state index contributed by atoms with van der Waals surface area (Å²) in [7, 11) is 0. The van der Waals surface area contributed by atoms with Crippen molar-refractivity contribution < 1.29 is 0 Å². The lowest BCUT2D eigenvalue weighted by atomic mass is 10.1. The van der Waals surface area contributed by atoms with Gasteiger partial charge in [0.15, 0.2) is 0 Å². The summed E-state index contributed by atoms with van der Waals surface area (Å²) in [6.45, 7) is 4.07. The smallest absolute Gasteiger partial charge is 0.204 e. The van der Waals surface area contributed by atoms with Crippen LogP contribution in [0.4, 0.5) is 5.13 Å². The number of aryl methyl sites for hydroxylation is 1. The lowest BCUT2D eigenvalue weighted by molar-refractivity contribution is 1.27. The molecule has 5 heteroatoms. The van der Waals surface area contributed by atoms with Gasteiger partial charge in [-0.15, -0.1) is 0 Å². The zero-order valence-corrected chi connectivity index (χ0v) is 17.8. The number of hydrogen-bond donors (Lipinski definition) is 1. The minimum Gasteiger partial charge on any atom is -0.252 e. The van der Waals surface area contributed by atoms with E-state index in [4.69, 9.17) is 16.6 Å². The minimum absolute atomic E-state index is 0.710. The minimum atomic E-state index is 0.710. The third kappa shape index (κ3) is 4.56. The first-order chi connectivity index (χ1) is 14.1. The summed E-state index contributed by atoms with van der Waals surface area (Å²) < 4.78 is 0. The maximum Gasteiger partial charge on any atom is 0.204 e. The van der Waals surface area contributed by atoms with Crippen molar-refractivity contribution in [1.82, 2.24) is 4.98 Å². The normalized spacial score (nSPS) is 11.5. The monoisotopic (exact) mass is 417 g/mol. The van der Waals surface area contributed by atoms with E-state index in [9.17, 15) is 0 Å². The number of benzene rings is 3. The van der Waals surface area contributed by atoms with Crippen LogP contribution in [0.2, 0.25) is 5.02 Å². The lowest BCUT2D eigenvalue weighted by Gasteiger charge is -2.02. The predicted octanol–water partition coefficient (Wildman–Crippen LogP) is 7.28. The summed E-state index contributed by atoms with van der Waals surface area (Å²) in [6, 6.07) is 26.4. The molecule has 0 spiro atoms. The Hall–Kier alpha value is -2.95. The number of hydrogen-bond acceptors (Lipinski definition) is 4. The van der Waals surface area contributed by atoms with E-state index in [-0.39, 0.29) is 0 Å². The zero-order chi connectivity index (χ0) is 20.2. The second-order valence-electron chi connectivity index (χ2n) is 6.74. The SMILES string of the molecule is CC(=NNc1nc(-c2ccc(Cl)cc2)c(-c2ccccc2)s1)c1ccc(C)cc1. The van der Waals surface area contributed by atoms with E-state index in [1.165, 1.54) is 5.56 Å². The summed E-state index contributed by atoms with van der Waals surface area (Å²) >= 11 is 7.65. The summed E-state index contributed by atoms with van der Waals surface area (Å²) in [5, 5.41) is 6.00. The first-order valence-electron chi connectivity index (χ1n) is 9.30. The summed E-state index contributed by atoms with van der Waals surface area (Å²) in [6.07, 6.45) is 0. The number of thiazole rings is 1.